The molecule has 3 nitrogen and oxygen atoms in total. The molecule has 0 fully saturated rings. The Labute approximate surface area is 118 Å². The second-order valence-corrected chi connectivity index (χ2v) is 4.87. The summed E-state index contributed by atoms with van der Waals surface area (Å²) in [6.07, 6.45) is 5.68. The summed E-state index contributed by atoms with van der Waals surface area (Å²) in [6, 6.07) is 14.5. The van der Waals surface area contributed by atoms with Crippen molar-refractivity contribution in [3.05, 3.63) is 71.2 Å². The minimum absolute atomic E-state index is 0.647. The first-order valence-electron chi connectivity index (χ1n) is 6.74. The topological polar surface area (TPSA) is 41.1 Å². The fraction of sp³-hybridized carbons (Fsp3) is 0.176. The van der Waals surface area contributed by atoms with Gasteiger partial charge in [0.15, 0.2) is 0 Å². The average Bonchev–Trinajstić information content (AvgIpc) is 2.89. The summed E-state index contributed by atoms with van der Waals surface area (Å²) in [7, 11) is 0. The third-order valence-electron chi connectivity index (χ3n) is 3.45. The molecule has 3 heteroatoms. The molecule has 0 aliphatic heterocycles. The van der Waals surface area contributed by atoms with Crippen LogP contribution in [0.25, 0.3) is 5.65 Å². The average molecular weight is 261 g/mol. The molecule has 0 saturated carbocycles. The number of rotatable bonds is 3. The van der Waals surface area contributed by atoms with E-state index in [2.05, 4.69) is 42.2 Å². The Kier molecular flexibility index (Phi) is 3.22. The van der Waals surface area contributed by atoms with Crippen LogP contribution in [0.3, 0.4) is 0 Å². The van der Waals surface area contributed by atoms with E-state index in [-0.39, 0.29) is 0 Å². The van der Waals surface area contributed by atoms with Crippen molar-refractivity contribution in [3.8, 4) is 6.07 Å². The van der Waals surface area contributed by atoms with Crippen LogP contribution in [0.15, 0.2) is 48.8 Å². The second kappa shape index (κ2) is 5.18. The van der Waals surface area contributed by atoms with Crippen LogP contribution in [0.2, 0.25) is 0 Å². The van der Waals surface area contributed by atoms with Gasteiger partial charge in [0.1, 0.15) is 11.7 Å². The molecular formula is C17H15N3. The van der Waals surface area contributed by atoms with E-state index in [4.69, 9.17) is 5.26 Å². The molecule has 20 heavy (non-hydrogen) atoms. The molecule has 0 unspecified atom stereocenters. The lowest BCUT2D eigenvalue weighted by Crippen LogP contribution is -1.89. The van der Waals surface area contributed by atoms with Gasteiger partial charge < -0.3 is 4.40 Å². The second-order valence-electron chi connectivity index (χ2n) is 4.87. The Morgan fingerprint density at radius 1 is 1.05 bits per heavy atom. The number of nitrogens with zero attached hydrogens (tertiary/aromatic N) is 3. The Hall–Kier alpha value is -2.60. The molecule has 0 bridgehead atoms. The number of hydrogen-bond donors (Lipinski definition) is 0. The summed E-state index contributed by atoms with van der Waals surface area (Å²) in [6.45, 7) is 2.16. The van der Waals surface area contributed by atoms with Gasteiger partial charge in [-0.05, 0) is 29.7 Å². The van der Waals surface area contributed by atoms with E-state index in [9.17, 15) is 0 Å². The number of fused-ring (bicyclic) bond motifs is 1. The largest absolute Gasteiger partial charge is 0.305 e. The fourth-order valence-electron chi connectivity index (χ4n) is 2.30. The maximum Gasteiger partial charge on any atom is 0.137 e. The zero-order valence-electron chi connectivity index (χ0n) is 11.4. The lowest BCUT2D eigenvalue weighted by atomic mass is 10.1. The molecule has 3 aromatic rings. The number of pyridine rings is 1. The molecule has 2 aromatic heterocycles. The van der Waals surface area contributed by atoms with Crippen LogP contribution >= 0.6 is 0 Å². The van der Waals surface area contributed by atoms with Gasteiger partial charge in [-0.3, -0.25) is 0 Å². The van der Waals surface area contributed by atoms with Crippen molar-refractivity contribution >= 4 is 5.65 Å². The number of hydrogen-bond acceptors (Lipinski definition) is 2. The van der Waals surface area contributed by atoms with E-state index in [0.717, 1.165) is 24.2 Å². The molecule has 0 aliphatic rings. The summed E-state index contributed by atoms with van der Waals surface area (Å²) in [5.74, 6) is 0. The summed E-state index contributed by atoms with van der Waals surface area (Å²) < 4.78 is 1.91. The molecule has 0 aliphatic carbocycles. The standard InChI is InChI=1S/C17H15N3/c1-2-13-3-5-14(6-4-13)9-16-12-20-11-15(10-18)7-8-17(20)19-16/h3-8,11-12H,2,9H2,1H3. The number of imidazole rings is 1. The zero-order chi connectivity index (χ0) is 13.9. The molecular weight excluding hydrogens is 246 g/mol. The SMILES string of the molecule is CCc1ccc(Cc2cn3cc(C#N)ccc3n2)cc1. The smallest absolute Gasteiger partial charge is 0.137 e. The van der Waals surface area contributed by atoms with E-state index >= 15 is 0 Å². The summed E-state index contributed by atoms with van der Waals surface area (Å²) in [5.41, 5.74) is 5.15. The first kappa shape index (κ1) is 12.4. The van der Waals surface area contributed by atoms with Crippen LogP contribution in [-0.2, 0) is 12.8 Å². The lowest BCUT2D eigenvalue weighted by molar-refractivity contribution is 1.09. The van der Waals surface area contributed by atoms with Crippen molar-refractivity contribution in [2.45, 2.75) is 19.8 Å². The molecule has 0 atom stereocenters. The van der Waals surface area contributed by atoms with Gasteiger partial charge in [0.2, 0.25) is 0 Å². The molecule has 1 aromatic carbocycles. The van der Waals surface area contributed by atoms with E-state index in [1.807, 2.05) is 22.9 Å². The molecule has 3 rings (SSSR count). The van der Waals surface area contributed by atoms with Crippen LogP contribution in [-0.4, -0.2) is 9.38 Å². The predicted molar refractivity (Wildman–Crippen MR) is 78.5 cm³/mol. The highest BCUT2D eigenvalue weighted by molar-refractivity contribution is 5.44. The first-order chi connectivity index (χ1) is 9.78. The number of benzene rings is 1. The highest BCUT2D eigenvalue weighted by atomic mass is 15.0. The lowest BCUT2D eigenvalue weighted by Gasteiger charge is -2.00. The Bertz CT molecular complexity index is 776. The van der Waals surface area contributed by atoms with Gasteiger partial charge in [0.05, 0.1) is 11.3 Å². The van der Waals surface area contributed by atoms with Crippen molar-refractivity contribution in [2.75, 3.05) is 0 Å². The van der Waals surface area contributed by atoms with Crippen LogP contribution in [0.1, 0.15) is 29.3 Å². The minimum atomic E-state index is 0.647. The molecule has 0 spiro atoms. The zero-order valence-corrected chi connectivity index (χ0v) is 11.4. The van der Waals surface area contributed by atoms with Crippen LogP contribution in [0.4, 0.5) is 0 Å². The van der Waals surface area contributed by atoms with Crippen molar-refractivity contribution in [1.29, 1.82) is 5.26 Å². The van der Waals surface area contributed by atoms with E-state index in [0.29, 0.717) is 5.56 Å². The van der Waals surface area contributed by atoms with Crippen molar-refractivity contribution in [1.82, 2.24) is 9.38 Å². The molecule has 2 heterocycles. The highest BCUT2D eigenvalue weighted by Crippen LogP contribution is 2.13. The Morgan fingerprint density at radius 3 is 2.50 bits per heavy atom. The summed E-state index contributed by atoms with van der Waals surface area (Å²) >= 11 is 0. The van der Waals surface area contributed by atoms with Crippen LogP contribution < -0.4 is 0 Å². The summed E-state index contributed by atoms with van der Waals surface area (Å²) in [4.78, 5) is 4.58. The van der Waals surface area contributed by atoms with Crippen molar-refractivity contribution < 1.29 is 0 Å². The number of aromatic nitrogens is 2. The van der Waals surface area contributed by atoms with E-state index in [1.165, 1.54) is 11.1 Å². The number of nitriles is 1. The Morgan fingerprint density at radius 2 is 1.80 bits per heavy atom. The molecule has 0 radical (unpaired) electrons. The van der Waals surface area contributed by atoms with Crippen LogP contribution in [0, 0.1) is 11.3 Å². The van der Waals surface area contributed by atoms with Crippen molar-refractivity contribution in [3.63, 3.8) is 0 Å². The normalized spacial score (nSPS) is 10.6. The summed E-state index contributed by atoms with van der Waals surface area (Å²) in [5, 5.41) is 8.90. The Balaban J connectivity index is 1.88. The van der Waals surface area contributed by atoms with Gasteiger partial charge in [-0.25, -0.2) is 4.98 Å². The van der Waals surface area contributed by atoms with Crippen molar-refractivity contribution in [2.24, 2.45) is 0 Å². The van der Waals surface area contributed by atoms with Gasteiger partial charge >= 0.3 is 0 Å². The fourth-order valence-corrected chi connectivity index (χ4v) is 2.30. The molecule has 0 N–H and O–H groups in total. The molecule has 0 amide bonds. The first-order valence-corrected chi connectivity index (χ1v) is 6.74. The monoisotopic (exact) mass is 261 g/mol. The van der Waals surface area contributed by atoms with E-state index < -0.39 is 0 Å². The minimum Gasteiger partial charge on any atom is -0.305 e. The maximum absolute atomic E-state index is 8.90. The number of aryl methyl sites for hydroxylation is 1. The maximum atomic E-state index is 8.90. The molecule has 98 valence electrons. The van der Waals surface area contributed by atoms with Gasteiger partial charge in [-0.2, -0.15) is 5.26 Å². The third kappa shape index (κ3) is 2.41. The third-order valence-corrected chi connectivity index (χ3v) is 3.45. The van der Waals surface area contributed by atoms with E-state index in [1.54, 1.807) is 6.07 Å². The highest BCUT2D eigenvalue weighted by Gasteiger charge is 2.04. The van der Waals surface area contributed by atoms with Gasteiger partial charge in [0, 0.05) is 18.8 Å². The van der Waals surface area contributed by atoms with Gasteiger partial charge in [0.25, 0.3) is 0 Å². The van der Waals surface area contributed by atoms with Gasteiger partial charge in [-0.15, -0.1) is 0 Å². The quantitative estimate of drug-likeness (QED) is 0.725. The predicted octanol–water partition coefficient (Wildman–Crippen LogP) is 3.36. The van der Waals surface area contributed by atoms with Crippen LogP contribution in [0.5, 0.6) is 0 Å². The molecule has 0 saturated heterocycles. The van der Waals surface area contributed by atoms with Gasteiger partial charge in [-0.1, -0.05) is 31.2 Å².